The monoisotopic (exact) mass is 481 g/mol. The van der Waals surface area contributed by atoms with Gasteiger partial charge in [-0.15, -0.1) is 0 Å². The number of methoxy groups -OCH3 is 1. The van der Waals surface area contributed by atoms with Crippen molar-refractivity contribution in [3.8, 4) is 5.75 Å². The summed E-state index contributed by atoms with van der Waals surface area (Å²) in [6.07, 6.45) is 0.966. The van der Waals surface area contributed by atoms with Crippen LogP contribution < -0.4 is 10.2 Å². The van der Waals surface area contributed by atoms with Crippen LogP contribution in [0.25, 0.3) is 0 Å². The molecular formula is C20H28N5O7P. The Labute approximate surface area is 191 Å². The molecule has 0 saturated carbocycles. The van der Waals surface area contributed by atoms with E-state index in [9.17, 15) is 19.5 Å². The third kappa shape index (κ3) is 6.95. The molecule has 13 heteroatoms. The lowest BCUT2D eigenvalue weighted by Crippen LogP contribution is -2.22. The topological polar surface area (TPSA) is 147 Å². The van der Waals surface area contributed by atoms with Crippen molar-refractivity contribution in [3.05, 3.63) is 50.8 Å². The number of nitrogens with one attached hydrogen (secondary N) is 1. The number of hydrogen-bond donors (Lipinski definition) is 1. The number of hydrazone groups is 1. The summed E-state index contributed by atoms with van der Waals surface area (Å²) in [6.45, 7) is 7.08. The summed E-state index contributed by atoms with van der Waals surface area (Å²) in [5.74, 6) is -0.0408. The molecule has 0 saturated heterocycles. The van der Waals surface area contributed by atoms with Crippen molar-refractivity contribution in [3.63, 3.8) is 0 Å². The van der Waals surface area contributed by atoms with E-state index in [2.05, 4.69) is 15.6 Å². The number of ether oxygens (including phenoxy) is 1. The van der Waals surface area contributed by atoms with Gasteiger partial charge in [-0.05, 0) is 51.5 Å². The maximum atomic E-state index is 12.4. The summed E-state index contributed by atoms with van der Waals surface area (Å²) >= 11 is 0. The van der Waals surface area contributed by atoms with E-state index in [-0.39, 0.29) is 25.4 Å². The third-order valence-corrected chi connectivity index (χ3v) is 6.52. The van der Waals surface area contributed by atoms with Crippen LogP contribution in [0.15, 0.2) is 23.3 Å². The van der Waals surface area contributed by atoms with Crippen LogP contribution in [0.4, 0.5) is 5.69 Å². The Bertz CT molecular complexity index is 1070. The second-order valence-corrected chi connectivity index (χ2v) is 8.96. The predicted molar refractivity (Wildman–Crippen MR) is 122 cm³/mol. The molecule has 1 aromatic heterocycles. The van der Waals surface area contributed by atoms with Gasteiger partial charge in [0.25, 0.3) is 5.91 Å². The molecule has 0 aliphatic rings. The first kappa shape index (κ1) is 26.2. The molecule has 0 radical (unpaired) electrons. The number of amides is 1. The Morgan fingerprint density at radius 1 is 1.30 bits per heavy atom. The quantitative estimate of drug-likeness (QED) is 0.210. The molecule has 1 amide bonds. The van der Waals surface area contributed by atoms with Crippen molar-refractivity contribution >= 4 is 25.4 Å². The fourth-order valence-electron chi connectivity index (χ4n) is 3.18. The summed E-state index contributed by atoms with van der Waals surface area (Å²) in [6, 6.07) is 5.21. The Kier molecular flexibility index (Phi) is 9.27. The average Bonchev–Trinajstić information content (AvgIpc) is 3.01. The molecule has 2 aromatic rings. The number of aryl methyl sites for hydroxylation is 1. The third-order valence-electron chi connectivity index (χ3n) is 4.54. The highest BCUT2D eigenvalue weighted by Crippen LogP contribution is 2.47. The fraction of sp³-hybridized carbons (Fsp3) is 0.450. The zero-order valence-electron chi connectivity index (χ0n) is 19.2. The van der Waals surface area contributed by atoms with Crippen LogP contribution in [0.2, 0.25) is 0 Å². The smallest absolute Gasteiger partial charge is 0.340 e. The number of carbonyl (C=O) groups excluding carboxylic acids is 1. The highest BCUT2D eigenvalue weighted by Gasteiger charge is 2.27. The lowest BCUT2D eigenvalue weighted by Gasteiger charge is -2.15. The molecule has 2 rings (SSSR count). The summed E-state index contributed by atoms with van der Waals surface area (Å²) in [4.78, 5) is 22.9. The van der Waals surface area contributed by atoms with Crippen LogP contribution in [0, 0.1) is 24.0 Å². The summed E-state index contributed by atoms with van der Waals surface area (Å²) in [5, 5.41) is 19.4. The van der Waals surface area contributed by atoms with E-state index >= 15 is 0 Å². The van der Waals surface area contributed by atoms with E-state index in [0.717, 1.165) is 0 Å². The van der Waals surface area contributed by atoms with Gasteiger partial charge in [-0.25, -0.2) is 5.43 Å². The summed E-state index contributed by atoms with van der Waals surface area (Å²) in [7, 11) is -2.00. The number of nitro groups is 1. The minimum absolute atomic E-state index is 0.0224. The van der Waals surface area contributed by atoms with Crippen molar-refractivity contribution in [2.24, 2.45) is 5.10 Å². The molecule has 12 nitrogen and oxygen atoms in total. The minimum Gasteiger partial charge on any atom is -0.496 e. The maximum Gasteiger partial charge on any atom is 0.340 e. The highest BCUT2D eigenvalue weighted by molar-refractivity contribution is 7.54. The van der Waals surface area contributed by atoms with E-state index < -0.39 is 24.6 Å². The molecule has 0 fully saturated rings. The molecule has 0 bridgehead atoms. The largest absolute Gasteiger partial charge is 0.496 e. The molecule has 0 atom stereocenters. The van der Waals surface area contributed by atoms with Gasteiger partial charge in [0.1, 0.15) is 23.3 Å². The van der Waals surface area contributed by atoms with E-state index in [4.69, 9.17) is 13.8 Å². The Hall–Kier alpha value is -3.08. The van der Waals surface area contributed by atoms with Gasteiger partial charge in [0.05, 0.1) is 38.0 Å². The van der Waals surface area contributed by atoms with Crippen LogP contribution in [0.3, 0.4) is 0 Å². The summed E-state index contributed by atoms with van der Waals surface area (Å²) in [5.41, 5.74) is 4.39. The molecule has 1 heterocycles. The van der Waals surface area contributed by atoms with Crippen LogP contribution in [-0.4, -0.2) is 53.3 Å². The van der Waals surface area contributed by atoms with Gasteiger partial charge in [-0.3, -0.25) is 24.2 Å². The first-order valence-corrected chi connectivity index (χ1v) is 11.9. The van der Waals surface area contributed by atoms with E-state index in [1.165, 1.54) is 18.0 Å². The lowest BCUT2D eigenvalue weighted by atomic mass is 10.1. The Morgan fingerprint density at radius 2 is 1.97 bits per heavy atom. The van der Waals surface area contributed by atoms with Gasteiger partial charge in [-0.1, -0.05) is 0 Å². The average molecular weight is 481 g/mol. The second-order valence-electron chi connectivity index (χ2n) is 6.90. The number of aromatic nitrogens is 2. The first-order valence-electron chi connectivity index (χ1n) is 10.2. The summed E-state index contributed by atoms with van der Waals surface area (Å²) < 4.78 is 29.5. The van der Waals surface area contributed by atoms with E-state index in [1.54, 1.807) is 45.9 Å². The predicted octanol–water partition coefficient (Wildman–Crippen LogP) is 3.18. The standard InChI is InChI=1S/C20H28N5O7P/c1-6-31-33(29,32-7-2)13-19(26)22-21-11-16-8-9-18(30-5)17(10-16)12-24-15(4)20(25(27)28)14(3)23-24/h8-11H,6-7,12-13H2,1-5H3,(H,22,26)/b21-11-. The number of hydrogen-bond acceptors (Lipinski definition) is 9. The number of carbonyl (C=O) groups is 1. The van der Waals surface area contributed by atoms with Crippen molar-refractivity contribution in [1.82, 2.24) is 15.2 Å². The molecule has 0 unspecified atom stereocenters. The molecule has 33 heavy (non-hydrogen) atoms. The van der Waals surface area contributed by atoms with Gasteiger partial charge >= 0.3 is 13.3 Å². The molecule has 1 N–H and O–H groups in total. The van der Waals surface area contributed by atoms with E-state index in [0.29, 0.717) is 28.3 Å². The molecule has 0 spiro atoms. The van der Waals surface area contributed by atoms with Crippen LogP contribution in [-0.2, 0) is 25.0 Å². The first-order chi connectivity index (χ1) is 15.6. The molecule has 180 valence electrons. The van der Waals surface area contributed by atoms with Gasteiger partial charge in [0.2, 0.25) is 0 Å². The number of rotatable bonds is 12. The van der Waals surface area contributed by atoms with Gasteiger partial charge in [0, 0.05) is 5.56 Å². The molecule has 0 aliphatic carbocycles. The Balaban J connectivity index is 2.15. The van der Waals surface area contributed by atoms with Crippen molar-refractivity contribution in [2.75, 3.05) is 26.5 Å². The van der Waals surface area contributed by atoms with Crippen molar-refractivity contribution < 1.29 is 28.1 Å². The van der Waals surface area contributed by atoms with Crippen LogP contribution in [0.1, 0.15) is 36.4 Å². The zero-order chi connectivity index (χ0) is 24.6. The molecule has 1 aromatic carbocycles. The SMILES string of the molecule is CCOP(=O)(CC(=O)N/N=C\c1ccc(OC)c(Cn2nc(C)c([N+](=O)[O-])c2C)c1)OCC. The maximum absolute atomic E-state index is 12.4. The Morgan fingerprint density at radius 3 is 2.52 bits per heavy atom. The molecular weight excluding hydrogens is 453 g/mol. The zero-order valence-corrected chi connectivity index (χ0v) is 20.1. The minimum atomic E-state index is -3.52. The fourth-order valence-corrected chi connectivity index (χ4v) is 4.65. The van der Waals surface area contributed by atoms with Gasteiger partial charge < -0.3 is 13.8 Å². The van der Waals surface area contributed by atoms with E-state index in [1.807, 2.05) is 0 Å². The van der Waals surface area contributed by atoms with Gasteiger partial charge in [0.15, 0.2) is 0 Å². The van der Waals surface area contributed by atoms with Crippen LogP contribution >= 0.6 is 7.60 Å². The molecule has 0 aliphatic heterocycles. The lowest BCUT2D eigenvalue weighted by molar-refractivity contribution is -0.386. The number of benzene rings is 1. The van der Waals surface area contributed by atoms with Crippen molar-refractivity contribution in [1.29, 1.82) is 0 Å². The second kappa shape index (κ2) is 11.7. The van der Waals surface area contributed by atoms with Crippen LogP contribution in [0.5, 0.6) is 5.75 Å². The normalized spacial score (nSPS) is 11.7. The number of nitrogens with zero attached hydrogens (tertiary/aromatic N) is 4. The highest BCUT2D eigenvalue weighted by atomic mass is 31.2. The van der Waals surface area contributed by atoms with Gasteiger partial charge in [-0.2, -0.15) is 10.2 Å². The van der Waals surface area contributed by atoms with Crippen molar-refractivity contribution in [2.45, 2.75) is 34.2 Å².